The van der Waals surface area contributed by atoms with Crippen LogP contribution in [0.4, 0.5) is 5.69 Å². The predicted octanol–water partition coefficient (Wildman–Crippen LogP) is 3.05. The maximum absolute atomic E-state index is 10.4. The van der Waals surface area contributed by atoms with E-state index in [1.165, 1.54) is 5.56 Å². The smallest absolute Gasteiger partial charge is 0.137 e. The molecule has 94 valence electrons. The molecule has 1 aromatic carbocycles. The largest absolute Gasteiger partial charge is 0.466 e. The molecule has 1 aromatic heterocycles. The van der Waals surface area contributed by atoms with Gasteiger partial charge in [0, 0.05) is 5.69 Å². The zero-order chi connectivity index (χ0) is 12.5. The van der Waals surface area contributed by atoms with Crippen molar-refractivity contribution in [3.63, 3.8) is 0 Å². The fourth-order valence-electron chi connectivity index (χ4n) is 2.57. The molecule has 1 aliphatic heterocycles. The molecule has 0 bridgehead atoms. The van der Waals surface area contributed by atoms with E-state index >= 15 is 0 Å². The number of para-hydroxylation sites is 1. The monoisotopic (exact) mass is 243 g/mol. The molecule has 2 unspecified atom stereocenters. The number of aliphatic hydroxyl groups is 1. The molecule has 2 atom stereocenters. The Labute approximate surface area is 106 Å². The van der Waals surface area contributed by atoms with Crippen LogP contribution in [0.3, 0.4) is 0 Å². The lowest BCUT2D eigenvalue weighted by Gasteiger charge is -2.30. The third kappa shape index (κ3) is 1.91. The Morgan fingerprint density at radius 2 is 2.17 bits per heavy atom. The molecule has 1 aliphatic rings. The summed E-state index contributed by atoms with van der Waals surface area (Å²) in [5.74, 6) is 0.673. The van der Waals surface area contributed by atoms with E-state index in [1.807, 2.05) is 25.1 Å². The number of hydrogen-bond donors (Lipinski definition) is 2. The van der Waals surface area contributed by atoms with Crippen molar-refractivity contribution in [3.8, 4) is 0 Å². The second-order valence-electron chi connectivity index (χ2n) is 4.86. The average molecular weight is 243 g/mol. The van der Waals surface area contributed by atoms with E-state index in [0.717, 1.165) is 24.1 Å². The van der Waals surface area contributed by atoms with Crippen LogP contribution in [0.5, 0.6) is 0 Å². The minimum Gasteiger partial charge on any atom is -0.466 e. The third-order valence-electron chi connectivity index (χ3n) is 3.63. The van der Waals surface area contributed by atoms with Gasteiger partial charge in [-0.2, -0.15) is 0 Å². The van der Waals surface area contributed by atoms with Gasteiger partial charge in [0.1, 0.15) is 11.9 Å². The van der Waals surface area contributed by atoms with Crippen molar-refractivity contribution in [2.75, 3.05) is 5.32 Å². The molecule has 0 saturated heterocycles. The molecule has 3 nitrogen and oxygen atoms in total. The second-order valence-corrected chi connectivity index (χ2v) is 4.86. The Bertz CT molecular complexity index is 547. The van der Waals surface area contributed by atoms with Crippen LogP contribution < -0.4 is 5.32 Å². The molecule has 0 amide bonds. The number of rotatable bonds is 2. The molecule has 0 fully saturated rings. The molecule has 0 aliphatic carbocycles. The Kier molecular flexibility index (Phi) is 2.84. The van der Waals surface area contributed by atoms with Crippen molar-refractivity contribution < 1.29 is 9.52 Å². The fraction of sp³-hybridized carbons (Fsp3) is 0.333. The number of anilines is 1. The highest BCUT2D eigenvalue weighted by molar-refractivity contribution is 5.54. The Balaban J connectivity index is 1.82. The topological polar surface area (TPSA) is 45.4 Å². The normalized spacial score (nSPS) is 20.0. The summed E-state index contributed by atoms with van der Waals surface area (Å²) < 4.78 is 5.38. The van der Waals surface area contributed by atoms with Crippen LogP contribution in [0.25, 0.3) is 0 Å². The molecule has 0 radical (unpaired) electrons. The minimum atomic E-state index is -0.589. The molecular weight excluding hydrogens is 226 g/mol. The fourth-order valence-corrected chi connectivity index (χ4v) is 2.57. The van der Waals surface area contributed by atoms with Gasteiger partial charge in [0.25, 0.3) is 0 Å². The van der Waals surface area contributed by atoms with Crippen molar-refractivity contribution in [3.05, 3.63) is 53.5 Å². The average Bonchev–Trinajstić information content (AvgIpc) is 2.83. The van der Waals surface area contributed by atoms with Gasteiger partial charge < -0.3 is 14.8 Å². The van der Waals surface area contributed by atoms with E-state index in [0.29, 0.717) is 5.76 Å². The van der Waals surface area contributed by atoms with Gasteiger partial charge in [0.05, 0.1) is 12.3 Å². The lowest BCUT2D eigenvalue weighted by Crippen LogP contribution is -2.31. The van der Waals surface area contributed by atoms with Crippen molar-refractivity contribution in [1.82, 2.24) is 0 Å². The first-order valence-electron chi connectivity index (χ1n) is 6.32. The number of aryl methyl sites for hydroxylation is 2. The van der Waals surface area contributed by atoms with Crippen molar-refractivity contribution in [2.45, 2.75) is 31.9 Å². The van der Waals surface area contributed by atoms with Gasteiger partial charge in [0.15, 0.2) is 0 Å². The van der Waals surface area contributed by atoms with Crippen LogP contribution in [0, 0.1) is 6.92 Å². The predicted molar refractivity (Wildman–Crippen MR) is 70.6 cm³/mol. The van der Waals surface area contributed by atoms with E-state index in [-0.39, 0.29) is 6.04 Å². The summed E-state index contributed by atoms with van der Waals surface area (Å²) in [6.07, 6.45) is 2.95. The Morgan fingerprint density at radius 3 is 2.94 bits per heavy atom. The van der Waals surface area contributed by atoms with Crippen LogP contribution in [-0.2, 0) is 6.42 Å². The van der Waals surface area contributed by atoms with Crippen molar-refractivity contribution >= 4 is 5.69 Å². The lowest BCUT2D eigenvalue weighted by molar-refractivity contribution is 0.123. The number of nitrogens with one attached hydrogen (secondary N) is 1. The van der Waals surface area contributed by atoms with Crippen LogP contribution in [0.2, 0.25) is 0 Å². The summed E-state index contributed by atoms with van der Waals surface area (Å²) in [7, 11) is 0. The molecule has 2 N–H and O–H groups in total. The first kappa shape index (κ1) is 11.4. The van der Waals surface area contributed by atoms with E-state index in [2.05, 4.69) is 17.4 Å². The van der Waals surface area contributed by atoms with Crippen molar-refractivity contribution in [1.29, 1.82) is 0 Å². The summed E-state index contributed by atoms with van der Waals surface area (Å²) in [4.78, 5) is 0. The van der Waals surface area contributed by atoms with Gasteiger partial charge in [-0.15, -0.1) is 0 Å². The molecular formula is C15H17NO2. The van der Waals surface area contributed by atoms with Crippen LogP contribution in [-0.4, -0.2) is 11.1 Å². The standard InChI is InChI=1S/C15H17NO2/c1-10-8-9-18-15(10)14(17)13-7-6-11-4-2-3-5-12(11)16-13/h2-5,8-9,13-14,16-17H,6-7H2,1H3. The maximum Gasteiger partial charge on any atom is 0.137 e. The molecule has 2 heterocycles. The molecule has 2 aromatic rings. The van der Waals surface area contributed by atoms with Gasteiger partial charge in [0.2, 0.25) is 0 Å². The number of furan rings is 1. The Hall–Kier alpha value is -1.74. The van der Waals surface area contributed by atoms with Crippen LogP contribution in [0.1, 0.15) is 29.4 Å². The summed E-state index contributed by atoms with van der Waals surface area (Å²) in [6.45, 7) is 1.96. The number of hydrogen-bond acceptors (Lipinski definition) is 3. The van der Waals surface area contributed by atoms with Gasteiger partial charge in [-0.25, -0.2) is 0 Å². The first-order chi connectivity index (χ1) is 8.75. The zero-order valence-corrected chi connectivity index (χ0v) is 10.4. The van der Waals surface area contributed by atoms with Gasteiger partial charge in [-0.1, -0.05) is 18.2 Å². The summed E-state index contributed by atoms with van der Waals surface area (Å²) in [5, 5.41) is 13.8. The van der Waals surface area contributed by atoms with Gasteiger partial charge in [-0.05, 0) is 43.0 Å². The van der Waals surface area contributed by atoms with E-state index in [1.54, 1.807) is 6.26 Å². The quantitative estimate of drug-likeness (QED) is 0.852. The molecule has 3 rings (SSSR count). The Morgan fingerprint density at radius 1 is 1.33 bits per heavy atom. The molecule has 0 spiro atoms. The van der Waals surface area contributed by atoms with E-state index in [4.69, 9.17) is 4.42 Å². The van der Waals surface area contributed by atoms with Gasteiger partial charge in [-0.3, -0.25) is 0 Å². The lowest BCUT2D eigenvalue weighted by atomic mass is 9.93. The van der Waals surface area contributed by atoms with E-state index in [9.17, 15) is 5.11 Å². The number of fused-ring (bicyclic) bond motifs is 1. The summed E-state index contributed by atoms with van der Waals surface area (Å²) in [6, 6.07) is 10.2. The zero-order valence-electron chi connectivity index (χ0n) is 10.4. The number of aliphatic hydroxyl groups excluding tert-OH is 1. The molecule has 3 heteroatoms. The van der Waals surface area contributed by atoms with E-state index < -0.39 is 6.10 Å². The van der Waals surface area contributed by atoms with Gasteiger partial charge >= 0.3 is 0 Å². The maximum atomic E-state index is 10.4. The minimum absolute atomic E-state index is 0.0183. The third-order valence-corrected chi connectivity index (χ3v) is 3.63. The molecule has 0 saturated carbocycles. The SMILES string of the molecule is Cc1ccoc1C(O)C1CCc2ccccc2N1. The summed E-state index contributed by atoms with van der Waals surface area (Å²) >= 11 is 0. The van der Waals surface area contributed by atoms with Crippen LogP contribution in [0.15, 0.2) is 41.0 Å². The second kappa shape index (κ2) is 4.50. The first-order valence-corrected chi connectivity index (χ1v) is 6.32. The van der Waals surface area contributed by atoms with Crippen LogP contribution >= 0.6 is 0 Å². The molecule has 18 heavy (non-hydrogen) atoms. The highest BCUT2D eigenvalue weighted by Gasteiger charge is 2.27. The highest BCUT2D eigenvalue weighted by Crippen LogP contribution is 2.31. The number of benzene rings is 1. The highest BCUT2D eigenvalue weighted by atomic mass is 16.4. The summed E-state index contributed by atoms with van der Waals surface area (Å²) in [5.41, 5.74) is 3.44. The van der Waals surface area contributed by atoms with Crippen molar-refractivity contribution in [2.24, 2.45) is 0 Å².